The van der Waals surface area contributed by atoms with Crippen LogP contribution in [0, 0.1) is 0 Å². The zero-order valence-electron chi connectivity index (χ0n) is 14.8. The number of carbonyl (C=O) groups is 1. The summed E-state index contributed by atoms with van der Waals surface area (Å²) in [5, 5.41) is 3.20. The minimum Gasteiger partial charge on any atom is -0.469 e. The Bertz CT molecular complexity index is 558. The van der Waals surface area contributed by atoms with Crippen LogP contribution in [0.4, 0.5) is 0 Å². The van der Waals surface area contributed by atoms with Crippen molar-refractivity contribution in [2.75, 3.05) is 13.7 Å². The Labute approximate surface area is 109 Å². The van der Waals surface area contributed by atoms with E-state index in [1.165, 1.54) is 7.11 Å². The molecule has 1 fully saturated rings. The molecule has 3 nitrogen and oxygen atoms in total. The van der Waals surface area contributed by atoms with Gasteiger partial charge in [-0.25, -0.2) is 0 Å². The molecule has 0 aromatic heterocycles. The van der Waals surface area contributed by atoms with Crippen LogP contribution >= 0.6 is 0 Å². The maximum absolute atomic E-state index is 12.2. The predicted molar refractivity (Wildman–Crippen MR) is 66.8 cm³/mol. The number of carbonyl (C=O) groups excluding carboxylic acids is 1. The zero-order valence-corrected chi connectivity index (χ0v) is 9.80. The molecule has 0 saturated carbocycles. The largest absolute Gasteiger partial charge is 0.469 e. The number of hydrogen-bond donors (Lipinski definition) is 1. The number of rotatable bonds is 3. The molecule has 1 unspecified atom stereocenters. The van der Waals surface area contributed by atoms with Crippen molar-refractivity contribution in [2.24, 2.45) is 0 Å². The molecule has 1 aliphatic rings. The molecule has 0 amide bonds. The Morgan fingerprint density at radius 3 is 2.82 bits per heavy atom. The SMILES string of the molecule is [2H]c1c([2H])c([2H])c([C@@H](C(=O)OC)C2CCCCN2)c([2H])c1[2H]. The van der Waals surface area contributed by atoms with Crippen molar-refractivity contribution in [3.63, 3.8) is 0 Å². The third-order valence-electron chi connectivity index (χ3n) is 3.04. The summed E-state index contributed by atoms with van der Waals surface area (Å²) in [5.74, 6) is -1.49. The van der Waals surface area contributed by atoms with Crippen LogP contribution in [0.3, 0.4) is 0 Å². The minimum atomic E-state index is -0.904. The lowest BCUT2D eigenvalue weighted by Crippen LogP contribution is -2.42. The van der Waals surface area contributed by atoms with E-state index in [-0.39, 0.29) is 23.7 Å². The van der Waals surface area contributed by atoms with Crippen molar-refractivity contribution in [3.05, 3.63) is 35.8 Å². The summed E-state index contributed by atoms with van der Waals surface area (Å²) >= 11 is 0. The fourth-order valence-corrected chi connectivity index (χ4v) is 2.19. The topological polar surface area (TPSA) is 38.3 Å². The van der Waals surface area contributed by atoms with Gasteiger partial charge in [-0.1, -0.05) is 36.6 Å². The molecule has 2 atom stereocenters. The molecule has 2 rings (SSSR count). The summed E-state index contributed by atoms with van der Waals surface area (Å²) in [7, 11) is 1.24. The molecule has 0 radical (unpaired) electrons. The molecule has 1 saturated heterocycles. The van der Waals surface area contributed by atoms with Crippen molar-refractivity contribution >= 4 is 5.97 Å². The van der Waals surface area contributed by atoms with Gasteiger partial charge >= 0.3 is 5.97 Å². The van der Waals surface area contributed by atoms with Crippen LogP contribution in [0.15, 0.2) is 30.2 Å². The maximum atomic E-state index is 12.2. The van der Waals surface area contributed by atoms with E-state index in [4.69, 9.17) is 11.6 Å². The smallest absolute Gasteiger partial charge is 0.314 e. The molecule has 3 heteroatoms. The third-order valence-corrected chi connectivity index (χ3v) is 3.04. The highest BCUT2D eigenvalue weighted by Gasteiger charge is 2.31. The van der Waals surface area contributed by atoms with Crippen molar-refractivity contribution in [1.82, 2.24) is 5.32 Å². The lowest BCUT2D eigenvalue weighted by Gasteiger charge is -2.29. The highest BCUT2D eigenvalue weighted by atomic mass is 16.5. The van der Waals surface area contributed by atoms with Gasteiger partial charge in [0.1, 0.15) is 0 Å². The first-order valence-corrected chi connectivity index (χ1v) is 5.78. The van der Waals surface area contributed by atoms with Gasteiger partial charge in [0.25, 0.3) is 0 Å². The zero-order chi connectivity index (χ0) is 16.4. The molecule has 0 spiro atoms. The van der Waals surface area contributed by atoms with E-state index in [9.17, 15) is 4.79 Å². The van der Waals surface area contributed by atoms with Gasteiger partial charge in [-0.3, -0.25) is 4.79 Å². The van der Waals surface area contributed by atoms with Gasteiger partial charge < -0.3 is 10.1 Å². The summed E-state index contributed by atoms with van der Waals surface area (Å²) in [6, 6.07) is -2.28. The van der Waals surface area contributed by atoms with Crippen LogP contribution in [-0.2, 0) is 9.53 Å². The quantitative estimate of drug-likeness (QED) is 0.819. The first-order chi connectivity index (χ1) is 10.4. The number of ether oxygens (including phenoxy) is 1. The third kappa shape index (κ3) is 2.86. The monoisotopic (exact) mass is 238 g/mol. The molecule has 0 aliphatic carbocycles. The molecular weight excluding hydrogens is 214 g/mol. The molecule has 1 aromatic carbocycles. The van der Waals surface area contributed by atoms with E-state index in [2.05, 4.69) is 5.32 Å². The second-order valence-corrected chi connectivity index (χ2v) is 4.10. The van der Waals surface area contributed by atoms with Gasteiger partial charge in [0.05, 0.1) is 19.9 Å². The molecule has 92 valence electrons. The predicted octanol–water partition coefficient (Wildman–Crippen LogP) is 2.09. The van der Waals surface area contributed by atoms with E-state index >= 15 is 0 Å². The van der Waals surface area contributed by atoms with Crippen LogP contribution in [-0.4, -0.2) is 25.7 Å². The average molecular weight is 238 g/mol. The van der Waals surface area contributed by atoms with E-state index in [1.807, 2.05) is 0 Å². The van der Waals surface area contributed by atoms with Gasteiger partial charge in [-0.2, -0.15) is 0 Å². The van der Waals surface area contributed by atoms with Gasteiger partial charge in [0.2, 0.25) is 0 Å². The van der Waals surface area contributed by atoms with Crippen LogP contribution in [0.5, 0.6) is 0 Å². The number of nitrogens with one attached hydrogen (secondary N) is 1. The van der Waals surface area contributed by atoms with Gasteiger partial charge in [0, 0.05) is 6.04 Å². The summed E-state index contributed by atoms with van der Waals surface area (Å²) in [5.41, 5.74) is 0.0113. The summed E-state index contributed by atoms with van der Waals surface area (Å²) in [4.78, 5) is 12.2. The Hall–Kier alpha value is -1.35. The summed E-state index contributed by atoms with van der Waals surface area (Å²) < 4.78 is 44.1. The van der Waals surface area contributed by atoms with Crippen molar-refractivity contribution in [2.45, 2.75) is 31.2 Å². The van der Waals surface area contributed by atoms with Crippen LogP contribution in [0.1, 0.15) is 37.6 Å². The van der Waals surface area contributed by atoms with Crippen LogP contribution < -0.4 is 5.32 Å². The second kappa shape index (κ2) is 5.82. The standard InChI is InChI=1S/C14H19NO2/c1-17-14(16)13(11-7-3-2-4-8-11)12-9-5-6-10-15-12/h2-4,7-8,12-13,15H,5-6,9-10H2,1H3/t12?,13-/m1/s1/i2D,3D,4D,7D,8D. The lowest BCUT2D eigenvalue weighted by atomic mass is 9.86. The van der Waals surface area contributed by atoms with E-state index < -0.39 is 30.0 Å². The second-order valence-electron chi connectivity index (χ2n) is 4.10. The molecule has 0 bridgehead atoms. The van der Waals surface area contributed by atoms with Gasteiger partial charge in [-0.15, -0.1) is 0 Å². The van der Waals surface area contributed by atoms with Crippen LogP contribution in [0.2, 0.25) is 0 Å². The Morgan fingerprint density at radius 1 is 1.47 bits per heavy atom. The Balaban J connectivity index is 2.59. The molecule has 17 heavy (non-hydrogen) atoms. The lowest BCUT2D eigenvalue weighted by molar-refractivity contribution is -0.143. The molecule has 1 N–H and O–H groups in total. The number of hydrogen-bond acceptors (Lipinski definition) is 3. The minimum absolute atomic E-state index is 0.0113. The Morgan fingerprint density at radius 2 is 2.24 bits per heavy atom. The Kier molecular flexibility index (Phi) is 2.45. The van der Waals surface area contributed by atoms with E-state index in [1.54, 1.807) is 0 Å². The molecule has 1 aliphatic heterocycles. The first kappa shape index (κ1) is 7.17. The number of piperidine rings is 1. The molecule has 1 aromatic rings. The fraction of sp³-hybridized carbons (Fsp3) is 0.500. The number of esters is 1. The highest BCUT2D eigenvalue weighted by molar-refractivity contribution is 5.79. The molecular formula is C14H19NO2. The van der Waals surface area contributed by atoms with Crippen LogP contribution in [0.25, 0.3) is 0 Å². The maximum Gasteiger partial charge on any atom is 0.314 e. The summed E-state index contributed by atoms with van der Waals surface area (Å²) in [6.45, 7) is 0.733. The van der Waals surface area contributed by atoms with Crippen molar-refractivity contribution < 1.29 is 16.4 Å². The first-order valence-electron chi connectivity index (χ1n) is 8.28. The average Bonchev–Trinajstić information content (AvgIpc) is 2.55. The van der Waals surface area contributed by atoms with Gasteiger partial charge in [0.15, 0.2) is 0 Å². The van der Waals surface area contributed by atoms with E-state index in [0.717, 1.165) is 19.4 Å². The van der Waals surface area contributed by atoms with E-state index in [0.29, 0.717) is 6.42 Å². The van der Waals surface area contributed by atoms with Gasteiger partial charge in [-0.05, 0) is 24.9 Å². The summed E-state index contributed by atoms with van der Waals surface area (Å²) in [6.07, 6.45) is 2.61. The molecule has 1 heterocycles. The number of benzene rings is 1. The van der Waals surface area contributed by atoms with Crippen molar-refractivity contribution in [1.29, 1.82) is 0 Å². The van der Waals surface area contributed by atoms with Crippen molar-refractivity contribution in [3.8, 4) is 0 Å². The fourth-order valence-electron chi connectivity index (χ4n) is 2.19. The normalized spacial score (nSPS) is 25.9. The number of methoxy groups -OCH3 is 1. The highest BCUT2D eigenvalue weighted by Crippen LogP contribution is 2.26.